The lowest BCUT2D eigenvalue weighted by Gasteiger charge is -2.17. The van der Waals surface area contributed by atoms with Crippen molar-refractivity contribution in [3.05, 3.63) is 58.2 Å². The van der Waals surface area contributed by atoms with Crippen molar-refractivity contribution in [2.45, 2.75) is 19.4 Å². The highest BCUT2D eigenvalue weighted by Gasteiger charge is 2.17. The Morgan fingerprint density at radius 2 is 2.22 bits per heavy atom. The van der Waals surface area contributed by atoms with Gasteiger partial charge in [-0.05, 0) is 58.7 Å². The fraction of sp³-hybridized carbons (Fsp3) is 0.286. The lowest BCUT2D eigenvalue weighted by atomic mass is 10.0. The number of hydrogen-bond acceptors (Lipinski definition) is 2. The standard InChI is InChI=1S/C14H15BrFNO/c1-2-7-17-14(13-4-3-8-18-13)10-5-6-11(15)12(16)9-10/h3-6,8-9,14,17H,2,7H2,1H3. The molecule has 4 heteroatoms. The van der Waals surface area contributed by atoms with E-state index in [1.165, 1.54) is 6.07 Å². The Morgan fingerprint density at radius 1 is 1.39 bits per heavy atom. The molecule has 96 valence electrons. The van der Waals surface area contributed by atoms with E-state index in [4.69, 9.17) is 4.42 Å². The maximum atomic E-state index is 13.6. The second-order valence-corrected chi connectivity index (χ2v) is 4.93. The van der Waals surface area contributed by atoms with Crippen LogP contribution in [0.3, 0.4) is 0 Å². The smallest absolute Gasteiger partial charge is 0.137 e. The molecule has 0 radical (unpaired) electrons. The van der Waals surface area contributed by atoms with Gasteiger partial charge in [0.25, 0.3) is 0 Å². The summed E-state index contributed by atoms with van der Waals surface area (Å²) in [6, 6.07) is 8.76. The SMILES string of the molecule is CCCNC(c1ccc(Br)c(F)c1)c1ccco1. The van der Waals surface area contributed by atoms with Crippen molar-refractivity contribution >= 4 is 15.9 Å². The van der Waals surface area contributed by atoms with Gasteiger partial charge in [-0.15, -0.1) is 0 Å². The number of furan rings is 1. The number of rotatable bonds is 5. The largest absolute Gasteiger partial charge is 0.467 e. The van der Waals surface area contributed by atoms with Gasteiger partial charge in [-0.25, -0.2) is 4.39 Å². The summed E-state index contributed by atoms with van der Waals surface area (Å²) >= 11 is 3.16. The van der Waals surface area contributed by atoms with Gasteiger partial charge < -0.3 is 9.73 Å². The molecule has 18 heavy (non-hydrogen) atoms. The van der Waals surface area contributed by atoms with E-state index < -0.39 is 0 Å². The zero-order valence-corrected chi connectivity index (χ0v) is 11.7. The third-order valence-electron chi connectivity index (χ3n) is 2.70. The minimum Gasteiger partial charge on any atom is -0.467 e. The topological polar surface area (TPSA) is 25.2 Å². The normalized spacial score (nSPS) is 12.6. The summed E-state index contributed by atoms with van der Waals surface area (Å²) in [5.41, 5.74) is 0.860. The van der Waals surface area contributed by atoms with Gasteiger partial charge in [0.05, 0.1) is 16.8 Å². The van der Waals surface area contributed by atoms with E-state index in [-0.39, 0.29) is 11.9 Å². The summed E-state index contributed by atoms with van der Waals surface area (Å²) in [6.07, 6.45) is 2.64. The zero-order chi connectivity index (χ0) is 13.0. The highest BCUT2D eigenvalue weighted by Crippen LogP contribution is 2.26. The van der Waals surface area contributed by atoms with Gasteiger partial charge in [0.2, 0.25) is 0 Å². The maximum Gasteiger partial charge on any atom is 0.137 e. The number of nitrogens with one attached hydrogen (secondary N) is 1. The van der Waals surface area contributed by atoms with Crippen molar-refractivity contribution in [2.75, 3.05) is 6.54 Å². The highest BCUT2D eigenvalue weighted by atomic mass is 79.9. The average molecular weight is 312 g/mol. The summed E-state index contributed by atoms with van der Waals surface area (Å²) in [4.78, 5) is 0. The first-order chi connectivity index (χ1) is 8.72. The van der Waals surface area contributed by atoms with Crippen molar-refractivity contribution in [2.24, 2.45) is 0 Å². The quantitative estimate of drug-likeness (QED) is 0.892. The first-order valence-electron chi connectivity index (χ1n) is 5.94. The minimum atomic E-state index is -0.262. The molecular weight excluding hydrogens is 297 g/mol. The molecule has 0 saturated heterocycles. The van der Waals surface area contributed by atoms with Crippen LogP contribution in [0.5, 0.6) is 0 Å². The number of hydrogen-bond donors (Lipinski definition) is 1. The predicted molar refractivity (Wildman–Crippen MR) is 72.9 cm³/mol. The van der Waals surface area contributed by atoms with Crippen molar-refractivity contribution in [1.29, 1.82) is 0 Å². The molecule has 1 aromatic carbocycles. The van der Waals surface area contributed by atoms with Crippen LogP contribution in [-0.4, -0.2) is 6.54 Å². The van der Waals surface area contributed by atoms with E-state index in [1.54, 1.807) is 12.3 Å². The second kappa shape index (κ2) is 6.16. The first kappa shape index (κ1) is 13.3. The molecule has 0 spiro atoms. The van der Waals surface area contributed by atoms with Crippen molar-refractivity contribution in [3.8, 4) is 0 Å². The molecular formula is C14H15BrFNO. The van der Waals surface area contributed by atoms with Gasteiger partial charge in [-0.3, -0.25) is 0 Å². The van der Waals surface area contributed by atoms with E-state index in [0.717, 1.165) is 24.3 Å². The van der Waals surface area contributed by atoms with Crippen LogP contribution in [0.1, 0.15) is 30.7 Å². The van der Waals surface area contributed by atoms with Crippen LogP contribution in [0.2, 0.25) is 0 Å². The van der Waals surface area contributed by atoms with E-state index in [0.29, 0.717) is 4.47 Å². The molecule has 0 saturated carbocycles. The molecule has 0 aliphatic carbocycles. The minimum absolute atomic E-state index is 0.109. The van der Waals surface area contributed by atoms with E-state index in [2.05, 4.69) is 28.2 Å². The molecule has 1 atom stereocenters. The molecule has 1 unspecified atom stereocenters. The predicted octanol–water partition coefficient (Wildman–Crippen LogP) is 4.27. The molecule has 1 aromatic heterocycles. The molecule has 0 fully saturated rings. The van der Waals surface area contributed by atoms with Gasteiger partial charge in [-0.2, -0.15) is 0 Å². The molecule has 2 rings (SSSR count). The average Bonchev–Trinajstić information content (AvgIpc) is 2.88. The van der Waals surface area contributed by atoms with Gasteiger partial charge >= 0.3 is 0 Å². The third kappa shape index (κ3) is 3.00. The van der Waals surface area contributed by atoms with Crippen LogP contribution < -0.4 is 5.32 Å². The van der Waals surface area contributed by atoms with Crippen molar-refractivity contribution in [1.82, 2.24) is 5.32 Å². The van der Waals surface area contributed by atoms with Gasteiger partial charge in [0.15, 0.2) is 0 Å². The van der Waals surface area contributed by atoms with Crippen LogP contribution in [0.15, 0.2) is 45.5 Å². The summed E-state index contributed by atoms with van der Waals surface area (Å²) in [7, 11) is 0. The highest BCUT2D eigenvalue weighted by molar-refractivity contribution is 9.10. The summed E-state index contributed by atoms with van der Waals surface area (Å²) < 4.78 is 19.5. The fourth-order valence-electron chi connectivity index (χ4n) is 1.82. The van der Waals surface area contributed by atoms with E-state index in [9.17, 15) is 4.39 Å². The molecule has 2 nitrogen and oxygen atoms in total. The van der Waals surface area contributed by atoms with E-state index in [1.807, 2.05) is 18.2 Å². The van der Waals surface area contributed by atoms with E-state index >= 15 is 0 Å². The Balaban J connectivity index is 2.30. The zero-order valence-electron chi connectivity index (χ0n) is 10.1. The lowest BCUT2D eigenvalue weighted by Crippen LogP contribution is -2.22. The molecule has 0 aliphatic rings. The lowest BCUT2D eigenvalue weighted by molar-refractivity contribution is 0.445. The monoisotopic (exact) mass is 311 g/mol. The van der Waals surface area contributed by atoms with Crippen LogP contribution >= 0.6 is 15.9 Å². The maximum absolute atomic E-state index is 13.6. The number of halogens is 2. The fourth-order valence-corrected chi connectivity index (χ4v) is 2.07. The Bertz CT molecular complexity index is 499. The Labute approximate surface area is 114 Å². The van der Waals surface area contributed by atoms with Crippen LogP contribution in [0.25, 0.3) is 0 Å². The van der Waals surface area contributed by atoms with Crippen LogP contribution in [-0.2, 0) is 0 Å². The third-order valence-corrected chi connectivity index (χ3v) is 3.35. The molecule has 2 aromatic rings. The Morgan fingerprint density at radius 3 is 2.83 bits per heavy atom. The van der Waals surface area contributed by atoms with Crippen LogP contribution in [0.4, 0.5) is 4.39 Å². The molecule has 1 heterocycles. The van der Waals surface area contributed by atoms with Gasteiger partial charge in [0.1, 0.15) is 11.6 Å². The van der Waals surface area contributed by atoms with Gasteiger partial charge in [0, 0.05) is 0 Å². The molecule has 0 amide bonds. The summed E-state index contributed by atoms with van der Waals surface area (Å²) in [5, 5.41) is 3.36. The van der Waals surface area contributed by atoms with Crippen molar-refractivity contribution < 1.29 is 8.81 Å². The summed E-state index contributed by atoms with van der Waals surface area (Å²) in [6.45, 7) is 2.94. The van der Waals surface area contributed by atoms with Crippen LogP contribution in [0, 0.1) is 5.82 Å². The molecule has 1 N–H and O–H groups in total. The molecule has 0 aliphatic heterocycles. The number of benzene rings is 1. The summed E-state index contributed by atoms with van der Waals surface area (Å²) in [5.74, 6) is 0.535. The second-order valence-electron chi connectivity index (χ2n) is 4.08. The first-order valence-corrected chi connectivity index (χ1v) is 6.73. The molecule has 0 bridgehead atoms. The van der Waals surface area contributed by atoms with Crippen molar-refractivity contribution in [3.63, 3.8) is 0 Å². The van der Waals surface area contributed by atoms with Gasteiger partial charge in [-0.1, -0.05) is 13.0 Å². The Hall–Kier alpha value is -1.13. The Kier molecular flexibility index (Phi) is 4.55.